The summed E-state index contributed by atoms with van der Waals surface area (Å²) < 4.78 is 68.5. The first-order valence-electron chi connectivity index (χ1n) is 39.4. The molecule has 19 heteroatoms. The number of aliphatic hydroxyl groups is 1. The fraction of sp³-hybridized carbons (Fsp3) is 0.947. The van der Waals surface area contributed by atoms with E-state index in [0.717, 1.165) is 108 Å². The van der Waals surface area contributed by atoms with Crippen LogP contribution in [0.2, 0.25) is 0 Å². The minimum atomic E-state index is -4.96. The van der Waals surface area contributed by atoms with Crippen LogP contribution in [0.1, 0.15) is 389 Å². The zero-order valence-electron chi connectivity index (χ0n) is 62.1. The second kappa shape index (κ2) is 66.6. The van der Waals surface area contributed by atoms with Crippen LogP contribution in [0.4, 0.5) is 0 Å². The smallest absolute Gasteiger partial charge is 0.462 e. The minimum Gasteiger partial charge on any atom is -0.462 e. The van der Waals surface area contributed by atoms with Gasteiger partial charge in [0.05, 0.1) is 26.4 Å². The molecule has 0 heterocycles. The lowest BCUT2D eigenvalue weighted by molar-refractivity contribution is -0.161. The van der Waals surface area contributed by atoms with Crippen LogP contribution in [-0.4, -0.2) is 96.7 Å². The van der Waals surface area contributed by atoms with Crippen molar-refractivity contribution in [2.24, 2.45) is 17.8 Å². The van der Waals surface area contributed by atoms with Gasteiger partial charge in [0, 0.05) is 25.7 Å². The topological polar surface area (TPSA) is 237 Å². The number of unbranched alkanes of at least 4 members (excludes halogenated alkanes) is 41. The first kappa shape index (κ1) is 93.1. The lowest BCUT2D eigenvalue weighted by Gasteiger charge is -2.21. The Bertz CT molecular complexity index is 1850. The van der Waals surface area contributed by atoms with Crippen molar-refractivity contribution >= 4 is 39.5 Å². The Morgan fingerprint density at radius 3 is 0.800 bits per heavy atom. The van der Waals surface area contributed by atoms with Crippen molar-refractivity contribution in [1.82, 2.24) is 0 Å². The molecule has 0 aromatic heterocycles. The summed E-state index contributed by atoms with van der Waals surface area (Å²) in [6.45, 7) is 11.9. The SMILES string of the molecule is CCCCCCCCCCCCC(=O)OC[C@H](COP(=O)(O)OC[C@H](O)COP(=O)(O)OC[C@@H](COC(=O)CCCCCCCCCCCCCCCC(C)C)OC(=O)CCCCCCCCCCCCCCCCCCC(C)C)OC(=O)CCCCCCCCC(C)CC. The lowest BCUT2D eigenvalue weighted by Crippen LogP contribution is -2.30. The molecule has 0 bridgehead atoms. The normalized spacial score (nSPS) is 14.4. The van der Waals surface area contributed by atoms with Gasteiger partial charge in [-0.2, -0.15) is 0 Å². The molecule has 0 saturated carbocycles. The number of hydrogen-bond acceptors (Lipinski definition) is 15. The van der Waals surface area contributed by atoms with Crippen LogP contribution in [0.25, 0.3) is 0 Å². The Kier molecular flexibility index (Phi) is 65.2. The second-order valence-electron chi connectivity index (χ2n) is 28.6. The zero-order valence-corrected chi connectivity index (χ0v) is 63.9. The molecule has 3 unspecified atom stereocenters. The van der Waals surface area contributed by atoms with Crippen molar-refractivity contribution in [3.63, 3.8) is 0 Å². The summed E-state index contributed by atoms with van der Waals surface area (Å²) in [5, 5.41) is 10.6. The molecule has 0 aromatic rings. The molecule has 564 valence electrons. The van der Waals surface area contributed by atoms with Crippen LogP contribution < -0.4 is 0 Å². The van der Waals surface area contributed by atoms with E-state index in [1.54, 1.807) is 0 Å². The average molecular weight is 1400 g/mol. The maximum Gasteiger partial charge on any atom is 0.472 e. The number of esters is 4. The molecular formula is C76H148O17P2. The molecule has 0 aromatic carbocycles. The van der Waals surface area contributed by atoms with Gasteiger partial charge in [-0.05, 0) is 43.4 Å². The summed E-state index contributed by atoms with van der Waals surface area (Å²) in [6.07, 6.45) is 52.8. The van der Waals surface area contributed by atoms with Gasteiger partial charge in [0.2, 0.25) is 0 Å². The average Bonchev–Trinajstić information content (AvgIpc) is 2.98. The first-order valence-corrected chi connectivity index (χ1v) is 42.4. The molecule has 0 aliphatic rings. The van der Waals surface area contributed by atoms with Crippen molar-refractivity contribution in [1.29, 1.82) is 0 Å². The molecular weight excluding hydrogens is 1250 g/mol. The molecule has 3 N–H and O–H groups in total. The number of phosphoric acid groups is 2. The zero-order chi connectivity index (χ0) is 70.1. The second-order valence-corrected chi connectivity index (χ2v) is 31.5. The van der Waals surface area contributed by atoms with Crippen LogP contribution in [0.5, 0.6) is 0 Å². The van der Waals surface area contributed by atoms with Crippen molar-refractivity contribution in [3.8, 4) is 0 Å². The fourth-order valence-electron chi connectivity index (χ4n) is 11.6. The molecule has 17 nitrogen and oxygen atoms in total. The number of hydrogen-bond donors (Lipinski definition) is 3. The van der Waals surface area contributed by atoms with Gasteiger partial charge in [-0.1, -0.05) is 337 Å². The third kappa shape index (κ3) is 69.0. The van der Waals surface area contributed by atoms with Crippen LogP contribution in [-0.2, 0) is 65.4 Å². The van der Waals surface area contributed by atoms with Gasteiger partial charge >= 0.3 is 39.5 Å². The van der Waals surface area contributed by atoms with Gasteiger partial charge in [0.1, 0.15) is 19.3 Å². The van der Waals surface area contributed by atoms with Gasteiger partial charge in [-0.3, -0.25) is 37.3 Å². The first-order chi connectivity index (χ1) is 45.8. The predicted octanol–water partition coefficient (Wildman–Crippen LogP) is 22.2. The Balaban J connectivity index is 5.22. The molecule has 0 saturated heterocycles. The molecule has 0 aliphatic heterocycles. The number of carbonyl (C=O) groups excluding carboxylic acids is 4. The highest BCUT2D eigenvalue weighted by molar-refractivity contribution is 7.47. The van der Waals surface area contributed by atoms with Crippen LogP contribution in [0.3, 0.4) is 0 Å². The van der Waals surface area contributed by atoms with E-state index in [0.29, 0.717) is 25.7 Å². The van der Waals surface area contributed by atoms with Gasteiger partial charge in [-0.15, -0.1) is 0 Å². The Hall–Kier alpha value is -1.94. The van der Waals surface area contributed by atoms with E-state index >= 15 is 0 Å². The largest absolute Gasteiger partial charge is 0.472 e. The number of carbonyl (C=O) groups is 4. The highest BCUT2D eigenvalue weighted by Crippen LogP contribution is 2.45. The van der Waals surface area contributed by atoms with Crippen molar-refractivity contribution in [2.75, 3.05) is 39.6 Å². The summed E-state index contributed by atoms with van der Waals surface area (Å²) >= 11 is 0. The third-order valence-electron chi connectivity index (χ3n) is 18.0. The number of rotatable bonds is 74. The molecule has 0 rings (SSSR count). The standard InChI is InChI=1S/C76H148O17P2/c1-8-10-11-12-13-14-30-35-43-50-57-73(78)87-64-72(93-76(81)60-53-46-39-38-42-49-56-69(7)9-2)66-91-95(84,85)89-62-70(77)61-88-94(82,83)90-65-71(63-86-74(79)58-51-44-36-31-26-23-19-21-25-29-34-41-48-55-68(5)6)92-75(80)59-52-45-37-32-27-22-18-16-15-17-20-24-28-33-40-47-54-67(3)4/h67-72,77H,8-66H2,1-7H3,(H,82,83)(H,84,85)/t69?,70-,71-,72-/m1/s1. The molecule has 0 amide bonds. The molecule has 0 fully saturated rings. The monoisotopic (exact) mass is 1400 g/mol. The van der Waals surface area contributed by atoms with E-state index in [1.807, 2.05) is 0 Å². The molecule has 0 aliphatic carbocycles. The van der Waals surface area contributed by atoms with Gasteiger partial charge in [-0.25, -0.2) is 9.13 Å². The Labute approximate surface area is 581 Å². The lowest BCUT2D eigenvalue weighted by atomic mass is 10.00. The summed E-state index contributed by atoms with van der Waals surface area (Å²) in [5.74, 6) is 0.200. The molecule has 6 atom stereocenters. The van der Waals surface area contributed by atoms with E-state index in [4.69, 9.17) is 37.0 Å². The summed E-state index contributed by atoms with van der Waals surface area (Å²) in [7, 11) is -9.91. The van der Waals surface area contributed by atoms with Gasteiger partial charge < -0.3 is 33.8 Å². The van der Waals surface area contributed by atoms with Crippen LogP contribution in [0.15, 0.2) is 0 Å². The van der Waals surface area contributed by atoms with Crippen molar-refractivity contribution in [3.05, 3.63) is 0 Å². The van der Waals surface area contributed by atoms with Crippen molar-refractivity contribution in [2.45, 2.75) is 407 Å². The highest BCUT2D eigenvalue weighted by atomic mass is 31.2. The Morgan fingerprint density at radius 1 is 0.305 bits per heavy atom. The van der Waals surface area contributed by atoms with Crippen LogP contribution in [0, 0.1) is 17.8 Å². The quantitative estimate of drug-likeness (QED) is 0.0222. The van der Waals surface area contributed by atoms with Crippen molar-refractivity contribution < 1.29 is 80.2 Å². The highest BCUT2D eigenvalue weighted by Gasteiger charge is 2.30. The molecule has 0 radical (unpaired) electrons. The van der Waals surface area contributed by atoms with E-state index in [2.05, 4.69) is 48.5 Å². The Morgan fingerprint density at radius 2 is 0.537 bits per heavy atom. The van der Waals surface area contributed by atoms with Crippen LogP contribution >= 0.6 is 15.6 Å². The van der Waals surface area contributed by atoms with E-state index in [1.165, 1.54) is 199 Å². The summed E-state index contributed by atoms with van der Waals surface area (Å²) in [4.78, 5) is 72.7. The third-order valence-corrected chi connectivity index (χ3v) is 19.9. The maximum atomic E-state index is 13.1. The number of ether oxygens (including phenoxy) is 4. The van der Waals surface area contributed by atoms with E-state index < -0.39 is 97.5 Å². The predicted molar refractivity (Wildman–Crippen MR) is 386 cm³/mol. The minimum absolute atomic E-state index is 0.103. The molecule has 95 heavy (non-hydrogen) atoms. The number of phosphoric ester groups is 2. The molecule has 0 spiro atoms. The van der Waals surface area contributed by atoms with E-state index in [9.17, 15) is 43.2 Å². The fourth-order valence-corrected chi connectivity index (χ4v) is 13.1. The van der Waals surface area contributed by atoms with Gasteiger partial charge in [0.25, 0.3) is 0 Å². The van der Waals surface area contributed by atoms with Gasteiger partial charge in [0.15, 0.2) is 12.2 Å². The maximum absolute atomic E-state index is 13.1. The number of aliphatic hydroxyl groups excluding tert-OH is 1. The van der Waals surface area contributed by atoms with E-state index in [-0.39, 0.29) is 25.7 Å². The summed E-state index contributed by atoms with van der Waals surface area (Å²) in [6, 6.07) is 0. The summed E-state index contributed by atoms with van der Waals surface area (Å²) in [5.41, 5.74) is 0.